The Morgan fingerprint density at radius 3 is 2.64 bits per heavy atom. The molecule has 1 aliphatic carbocycles. The first kappa shape index (κ1) is 29.0. The van der Waals surface area contributed by atoms with E-state index in [2.05, 4.69) is 5.32 Å². The van der Waals surface area contributed by atoms with E-state index in [1.165, 1.54) is 14.0 Å². The highest BCUT2D eigenvalue weighted by atomic mass is 16.5. The number of rotatable bonds is 12. The second-order valence-electron chi connectivity index (χ2n) is 10.3. The number of nitrogens with zero attached hydrogens (tertiary/aromatic N) is 1. The van der Waals surface area contributed by atoms with Crippen LogP contribution in [0.1, 0.15) is 56.1 Å². The van der Waals surface area contributed by atoms with Gasteiger partial charge in [0.2, 0.25) is 11.8 Å². The van der Waals surface area contributed by atoms with Crippen LogP contribution in [0.25, 0.3) is 0 Å². The van der Waals surface area contributed by atoms with Crippen LogP contribution >= 0.6 is 0 Å². The van der Waals surface area contributed by atoms with Crippen molar-refractivity contribution in [2.24, 2.45) is 0 Å². The molecule has 5 atom stereocenters. The number of aliphatic hydroxyl groups is 3. The number of ether oxygens (including phenoxy) is 3. The van der Waals surface area contributed by atoms with E-state index in [1.54, 1.807) is 23.1 Å². The summed E-state index contributed by atoms with van der Waals surface area (Å²) in [6.07, 6.45) is 1.68. The van der Waals surface area contributed by atoms with Gasteiger partial charge in [0.05, 0.1) is 38.4 Å². The summed E-state index contributed by atoms with van der Waals surface area (Å²) in [7, 11) is 1.47. The van der Waals surface area contributed by atoms with Crippen LogP contribution in [0.2, 0.25) is 0 Å². The van der Waals surface area contributed by atoms with Crippen LogP contribution in [0.15, 0.2) is 23.8 Å². The molecule has 0 bridgehead atoms. The van der Waals surface area contributed by atoms with Crippen LogP contribution in [0.4, 0.5) is 0 Å². The van der Waals surface area contributed by atoms with E-state index in [-0.39, 0.29) is 62.5 Å². The van der Waals surface area contributed by atoms with Crippen molar-refractivity contribution in [2.75, 3.05) is 33.4 Å². The van der Waals surface area contributed by atoms with Crippen LogP contribution < -0.4 is 14.8 Å². The lowest BCUT2D eigenvalue weighted by molar-refractivity contribution is -0.139. The fraction of sp³-hybridized carbons (Fsp3) is 0.607. The molecule has 1 aromatic carbocycles. The molecule has 1 aromatic rings. The van der Waals surface area contributed by atoms with Crippen molar-refractivity contribution in [3.05, 3.63) is 34.9 Å². The SMILES string of the molecule is COc1cc(CO)cc2c1O[C@@H]1[C@@H](O)[C@H](N(C[C@H]3CCCO3)C(=O)CCCC(C)=O)C=C(C(=O)NCCO)[C@H]21. The largest absolute Gasteiger partial charge is 0.493 e. The van der Waals surface area contributed by atoms with Gasteiger partial charge >= 0.3 is 0 Å². The van der Waals surface area contributed by atoms with E-state index in [0.717, 1.165) is 12.8 Å². The fourth-order valence-electron chi connectivity index (χ4n) is 5.65. The number of carbonyl (C=O) groups excluding carboxylic acids is 3. The zero-order valence-electron chi connectivity index (χ0n) is 22.4. The number of hydrogen-bond acceptors (Lipinski definition) is 9. The van der Waals surface area contributed by atoms with Gasteiger partial charge in [0.15, 0.2) is 11.5 Å². The van der Waals surface area contributed by atoms with Gasteiger partial charge in [0.1, 0.15) is 18.0 Å². The Balaban J connectivity index is 1.74. The Bertz CT molecular complexity index is 1100. The highest BCUT2D eigenvalue weighted by molar-refractivity contribution is 5.96. The summed E-state index contributed by atoms with van der Waals surface area (Å²) in [6.45, 7) is 1.81. The summed E-state index contributed by atoms with van der Waals surface area (Å²) < 4.78 is 17.5. The molecule has 1 fully saturated rings. The fourth-order valence-corrected chi connectivity index (χ4v) is 5.65. The lowest BCUT2D eigenvalue weighted by atomic mass is 9.77. The van der Waals surface area contributed by atoms with Gasteiger partial charge in [0.25, 0.3) is 0 Å². The molecule has 4 N–H and O–H groups in total. The topological polar surface area (TPSA) is 155 Å². The molecule has 0 saturated carbocycles. The monoisotopic (exact) mass is 546 g/mol. The van der Waals surface area contributed by atoms with Gasteiger partial charge in [-0.15, -0.1) is 0 Å². The maximum atomic E-state index is 13.5. The molecule has 2 heterocycles. The second kappa shape index (κ2) is 12.9. The molecule has 2 aliphatic heterocycles. The number of benzene rings is 1. The average molecular weight is 547 g/mol. The van der Waals surface area contributed by atoms with E-state index in [0.29, 0.717) is 35.7 Å². The first-order valence-corrected chi connectivity index (χ1v) is 13.5. The van der Waals surface area contributed by atoms with Gasteiger partial charge in [-0.2, -0.15) is 0 Å². The van der Waals surface area contributed by atoms with Crippen molar-refractivity contribution in [1.29, 1.82) is 0 Å². The van der Waals surface area contributed by atoms with Crippen molar-refractivity contribution in [1.82, 2.24) is 10.2 Å². The number of nitrogens with one attached hydrogen (secondary N) is 1. The van der Waals surface area contributed by atoms with Gasteiger partial charge in [-0.1, -0.05) is 0 Å². The van der Waals surface area contributed by atoms with E-state index in [9.17, 15) is 29.7 Å². The zero-order valence-corrected chi connectivity index (χ0v) is 22.4. The first-order valence-electron chi connectivity index (χ1n) is 13.5. The van der Waals surface area contributed by atoms with Crippen molar-refractivity contribution >= 4 is 17.6 Å². The summed E-state index contributed by atoms with van der Waals surface area (Å²) in [5.41, 5.74) is 1.43. The minimum absolute atomic E-state index is 0.00919. The number of hydrogen-bond donors (Lipinski definition) is 4. The Morgan fingerprint density at radius 1 is 1.21 bits per heavy atom. The third kappa shape index (κ3) is 6.27. The predicted octanol–water partition coefficient (Wildman–Crippen LogP) is 0.577. The molecule has 11 heteroatoms. The van der Waals surface area contributed by atoms with Gasteiger partial charge in [0, 0.05) is 43.7 Å². The maximum absolute atomic E-state index is 13.5. The van der Waals surface area contributed by atoms with Crippen molar-refractivity contribution < 1.29 is 43.9 Å². The van der Waals surface area contributed by atoms with Crippen molar-refractivity contribution in [3.63, 3.8) is 0 Å². The highest BCUT2D eigenvalue weighted by Gasteiger charge is 2.51. The van der Waals surface area contributed by atoms with E-state index in [4.69, 9.17) is 14.2 Å². The zero-order chi connectivity index (χ0) is 28.1. The van der Waals surface area contributed by atoms with E-state index < -0.39 is 30.1 Å². The van der Waals surface area contributed by atoms with Crippen molar-refractivity contribution in [3.8, 4) is 11.5 Å². The van der Waals surface area contributed by atoms with Crippen molar-refractivity contribution in [2.45, 2.75) is 75.9 Å². The summed E-state index contributed by atoms with van der Waals surface area (Å²) >= 11 is 0. The predicted molar refractivity (Wildman–Crippen MR) is 139 cm³/mol. The highest BCUT2D eigenvalue weighted by Crippen LogP contribution is 2.51. The summed E-state index contributed by atoms with van der Waals surface area (Å²) in [5.74, 6) is -0.684. The normalized spacial score (nSPS) is 25.3. The third-order valence-electron chi connectivity index (χ3n) is 7.52. The summed E-state index contributed by atoms with van der Waals surface area (Å²) in [5, 5.41) is 33.4. The average Bonchev–Trinajstić information content (AvgIpc) is 3.58. The number of carbonyl (C=O) groups is 3. The minimum Gasteiger partial charge on any atom is -0.493 e. The molecule has 0 aromatic heterocycles. The molecule has 3 aliphatic rings. The van der Waals surface area contributed by atoms with E-state index in [1.807, 2.05) is 0 Å². The standard InChI is InChI=1S/C28H38N2O9/c1-16(33)5-3-7-23(34)30(14-18-6-4-10-38-18)21-13-20(28(36)29-8-9-31)24-19-11-17(15-32)12-22(37-2)26(19)39-27(24)25(21)35/h11-13,18,21,24-25,27,31-32,35H,3-10,14-15H2,1-2H3,(H,29,36)/t18-,21-,24+,25+,27+/m1/s1. The Morgan fingerprint density at radius 2 is 2.00 bits per heavy atom. The van der Waals surface area contributed by atoms with Crippen LogP contribution in [-0.2, 0) is 25.7 Å². The molecular formula is C28H38N2O9. The molecular weight excluding hydrogens is 508 g/mol. The van der Waals surface area contributed by atoms with Gasteiger partial charge in [-0.25, -0.2) is 0 Å². The lowest BCUT2D eigenvalue weighted by Gasteiger charge is -2.41. The van der Waals surface area contributed by atoms with E-state index >= 15 is 0 Å². The van der Waals surface area contributed by atoms with Crippen LogP contribution in [0.3, 0.4) is 0 Å². The maximum Gasteiger partial charge on any atom is 0.247 e. The molecule has 39 heavy (non-hydrogen) atoms. The quantitative estimate of drug-likeness (QED) is 0.295. The summed E-state index contributed by atoms with van der Waals surface area (Å²) in [4.78, 5) is 39.9. The molecule has 4 rings (SSSR count). The van der Waals surface area contributed by atoms with Crippen LogP contribution in [0.5, 0.6) is 11.5 Å². The first-order chi connectivity index (χ1) is 18.8. The Hall–Kier alpha value is -2.99. The molecule has 2 amide bonds. The second-order valence-corrected chi connectivity index (χ2v) is 10.3. The van der Waals surface area contributed by atoms with Crippen LogP contribution in [-0.4, -0.2) is 95.6 Å². The number of methoxy groups -OCH3 is 1. The molecule has 11 nitrogen and oxygen atoms in total. The minimum atomic E-state index is -1.20. The Kier molecular flexibility index (Phi) is 9.60. The van der Waals surface area contributed by atoms with Gasteiger partial charge < -0.3 is 44.5 Å². The smallest absolute Gasteiger partial charge is 0.247 e. The van der Waals surface area contributed by atoms with Crippen LogP contribution in [0, 0.1) is 0 Å². The van der Waals surface area contributed by atoms with Gasteiger partial charge in [-0.3, -0.25) is 9.59 Å². The lowest BCUT2D eigenvalue weighted by Crippen LogP contribution is -2.57. The number of fused-ring (bicyclic) bond motifs is 3. The molecule has 214 valence electrons. The molecule has 0 spiro atoms. The molecule has 1 saturated heterocycles. The number of ketones is 1. The number of amides is 2. The third-order valence-corrected chi connectivity index (χ3v) is 7.52. The number of aliphatic hydroxyl groups excluding tert-OH is 3. The molecule has 0 radical (unpaired) electrons. The van der Waals surface area contributed by atoms with Gasteiger partial charge in [-0.05, 0) is 50.0 Å². The molecule has 0 unspecified atom stereocenters. The number of Topliss-reactive ketones (excluding diaryl/α,β-unsaturated/α-hetero) is 1. The Labute approximate surface area is 227 Å². The summed E-state index contributed by atoms with van der Waals surface area (Å²) in [6, 6.07) is 2.46.